The fourth-order valence-corrected chi connectivity index (χ4v) is 8.12. The molecule has 1 aliphatic carbocycles. The first-order valence-corrected chi connectivity index (χ1v) is 17.3. The van der Waals surface area contributed by atoms with Crippen molar-refractivity contribution in [2.24, 2.45) is 5.41 Å². The first-order valence-electron chi connectivity index (χ1n) is 14.3. The number of nitrogens with zero attached hydrogens (tertiary/aromatic N) is 5. The quantitative estimate of drug-likeness (QED) is 0.127. The number of piperidine rings is 1. The third-order valence-electron chi connectivity index (χ3n) is 8.85. The lowest BCUT2D eigenvalue weighted by Gasteiger charge is -2.54. The van der Waals surface area contributed by atoms with Crippen LogP contribution in [0.2, 0.25) is 5.28 Å². The SMILES string of the molecule is CN(C)C1CC2(CCN(c3ccc(Nc4cnc(Cl)nc4Nc4ccc5ncccc5c4P(C)(C)=O)cc3N)CC2)C1. The molecule has 4 N–H and O–H groups in total. The topological polar surface area (TPSA) is 112 Å². The highest BCUT2D eigenvalue weighted by atomic mass is 35.5. The van der Waals surface area contributed by atoms with Crippen LogP contribution in [0.5, 0.6) is 0 Å². The van der Waals surface area contributed by atoms with E-state index in [1.54, 1.807) is 25.7 Å². The summed E-state index contributed by atoms with van der Waals surface area (Å²) in [6.45, 7) is 5.56. The number of hydrogen-bond donors (Lipinski definition) is 3. The highest BCUT2D eigenvalue weighted by Crippen LogP contribution is 2.51. The van der Waals surface area contributed by atoms with Gasteiger partial charge < -0.3 is 30.7 Å². The standard InChI is InChI=1S/C31H38ClN8OP/c1-39(2)21-17-31(18-21)11-14-40(15-12-31)27-10-7-20(16-23(27)33)36-26-19-35-30(32)38-29(26)37-25-9-8-24-22(6-5-13-34-24)28(25)42(3,4)41/h5-10,13,16,19,21,36H,11-12,14-15,17-18,33H2,1-4H3,(H,35,37,38). The number of hydrogen-bond acceptors (Lipinski definition) is 9. The van der Waals surface area contributed by atoms with E-state index < -0.39 is 7.14 Å². The minimum absolute atomic E-state index is 0.101. The molecule has 1 saturated carbocycles. The maximum atomic E-state index is 13.4. The zero-order chi connectivity index (χ0) is 29.6. The average molecular weight is 605 g/mol. The number of rotatable bonds is 7. The second-order valence-corrected chi connectivity index (χ2v) is 15.8. The predicted molar refractivity (Wildman–Crippen MR) is 176 cm³/mol. The van der Waals surface area contributed by atoms with Gasteiger partial charge >= 0.3 is 0 Å². The van der Waals surface area contributed by atoms with Crippen LogP contribution in [0, 0.1) is 5.41 Å². The highest BCUT2D eigenvalue weighted by molar-refractivity contribution is 7.71. The fraction of sp³-hybridized carbons (Fsp3) is 0.387. The molecular weight excluding hydrogens is 567 g/mol. The lowest BCUT2D eigenvalue weighted by molar-refractivity contribution is 0.00492. The maximum Gasteiger partial charge on any atom is 0.224 e. The summed E-state index contributed by atoms with van der Waals surface area (Å²) < 4.78 is 13.4. The van der Waals surface area contributed by atoms with Crippen LogP contribution in [0.1, 0.15) is 25.7 Å². The second kappa shape index (κ2) is 11.0. The summed E-state index contributed by atoms with van der Waals surface area (Å²) >= 11 is 6.22. The Hall–Kier alpha value is -3.39. The van der Waals surface area contributed by atoms with Crippen LogP contribution < -0.4 is 26.6 Å². The van der Waals surface area contributed by atoms with Crippen molar-refractivity contribution in [3.8, 4) is 0 Å². The van der Waals surface area contributed by atoms with E-state index in [4.69, 9.17) is 17.3 Å². The minimum Gasteiger partial charge on any atom is -0.397 e. The van der Waals surface area contributed by atoms with Crippen molar-refractivity contribution < 1.29 is 4.57 Å². The molecule has 220 valence electrons. The van der Waals surface area contributed by atoms with Gasteiger partial charge in [0.25, 0.3) is 0 Å². The van der Waals surface area contributed by atoms with E-state index in [2.05, 4.69) is 55.5 Å². The molecule has 4 aromatic rings. The number of nitrogens with two attached hydrogens (primary N) is 1. The molecule has 2 aromatic carbocycles. The number of benzene rings is 2. The molecule has 1 saturated heterocycles. The molecule has 11 heteroatoms. The molecule has 9 nitrogen and oxygen atoms in total. The fourth-order valence-electron chi connectivity index (χ4n) is 6.50. The Morgan fingerprint density at radius 3 is 2.50 bits per heavy atom. The molecule has 2 aliphatic rings. The van der Waals surface area contributed by atoms with Gasteiger partial charge in [0.2, 0.25) is 5.28 Å². The lowest BCUT2D eigenvalue weighted by atomic mass is 9.60. The summed E-state index contributed by atoms with van der Waals surface area (Å²) in [6.07, 6.45) is 8.39. The molecule has 6 rings (SSSR count). The molecule has 0 unspecified atom stereocenters. The van der Waals surface area contributed by atoms with Crippen molar-refractivity contribution >= 4 is 69.2 Å². The Bertz CT molecular complexity index is 1670. The monoisotopic (exact) mass is 604 g/mol. The third-order valence-corrected chi connectivity index (χ3v) is 10.6. The van der Waals surface area contributed by atoms with Crippen LogP contribution in [-0.2, 0) is 4.57 Å². The average Bonchev–Trinajstić information content (AvgIpc) is 2.92. The number of pyridine rings is 1. The summed E-state index contributed by atoms with van der Waals surface area (Å²) in [5.74, 6) is 0.466. The number of halogens is 1. The number of aromatic nitrogens is 3. The van der Waals surface area contributed by atoms with E-state index in [1.807, 2.05) is 36.4 Å². The zero-order valence-electron chi connectivity index (χ0n) is 24.6. The summed E-state index contributed by atoms with van der Waals surface area (Å²) in [5.41, 5.74) is 11.8. The van der Waals surface area contributed by atoms with Gasteiger partial charge in [0.05, 0.1) is 28.8 Å². The molecule has 2 aromatic heterocycles. The molecule has 1 aliphatic heterocycles. The van der Waals surface area contributed by atoms with E-state index in [0.717, 1.165) is 47.1 Å². The van der Waals surface area contributed by atoms with Gasteiger partial charge in [0.15, 0.2) is 5.82 Å². The second-order valence-electron chi connectivity index (χ2n) is 12.3. The predicted octanol–water partition coefficient (Wildman–Crippen LogP) is 6.31. The molecule has 3 heterocycles. The van der Waals surface area contributed by atoms with Crippen LogP contribution in [0.15, 0.2) is 54.9 Å². The van der Waals surface area contributed by atoms with E-state index >= 15 is 0 Å². The number of nitrogens with one attached hydrogen (secondary N) is 2. The highest BCUT2D eigenvalue weighted by Gasteiger charge is 2.46. The van der Waals surface area contributed by atoms with Gasteiger partial charge in [-0.15, -0.1) is 0 Å². The summed E-state index contributed by atoms with van der Waals surface area (Å²) in [7, 11) is 1.68. The smallest absolute Gasteiger partial charge is 0.224 e. The number of anilines is 6. The number of fused-ring (bicyclic) bond motifs is 1. The first kappa shape index (κ1) is 28.7. The summed E-state index contributed by atoms with van der Waals surface area (Å²) in [5, 5.41) is 8.42. The molecule has 0 bridgehead atoms. The Labute approximate surface area is 252 Å². The van der Waals surface area contributed by atoms with Crippen molar-refractivity contribution in [2.45, 2.75) is 31.7 Å². The first-order chi connectivity index (χ1) is 20.0. The minimum atomic E-state index is -2.69. The Balaban J connectivity index is 1.22. The Kier molecular flexibility index (Phi) is 7.54. The van der Waals surface area contributed by atoms with Crippen molar-refractivity contribution in [3.63, 3.8) is 0 Å². The molecule has 0 atom stereocenters. The van der Waals surface area contributed by atoms with Crippen molar-refractivity contribution in [2.75, 3.05) is 61.8 Å². The Morgan fingerprint density at radius 2 is 1.81 bits per heavy atom. The van der Waals surface area contributed by atoms with Crippen LogP contribution >= 0.6 is 18.7 Å². The van der Waals surface area contributed by atoms with Gasteiger partial charge in [-0.3, -0.25) is 4.98 Å². The number of nitrogen functional groups attached to an aromatic ring is 1. The molecule has 0 amide bonds. The van der Waals surface area contributed by atoms with Gasteiger partial charge in [0, 0.05) is 41.7 Å². The lowest BCUT2D eigenvalue weighted by Crippen LogP contribution is -2.53. The molecule has 2 fully saturated rings. The molecular formula is C31H38ClN8OP. The van der Waals surface area contributed by atoms with Gasteiger partial charge in [-0.25, -0.2) is 4.98 Å². The van der Waals surface area contributed by atoms with Crippen LogP contribution in [0.3, 0.4) is 0 Å². The Morgan fingerprint density at radius 1 is 1.05 bits per heavy atom. The maximum absolute atomic E-state index is 13.4. The van der Waals surface area contributed by atoms with Crippen LogP contribution in [-0.4, -0.2) is 66.4 Å². The third kappa shape index (κ3) is 5.65. The van der Waals surface area contributed by atoms with Crippen molar-refractivity contribution in [3.05, 3.63) is 60.1 Å². The summed E-state index contributed by atoms with van der Waals surface area (Å²) in [4.78, 5) is 17.9. The van der Waals surface area contributed by atoms with Crippen molar-refractivity contribution in [1.29, 1.82) is 0 Å². The van der Waals surface area contributed by atoms with Crippen LogP contribution in [0.4, 0.5) is 34.3 Å². The zero-order valence-corrected chi connectivity index (χ0v) is 26.2. The van der Waals surface area contributed by atoms with Gasteiger partial charge in [-0.05, 0) is 107 Å². The van der Waals surface area contributed by atoms with Crippen LogP contribution in [0.25, 0.3) is 10.9 Å². The van der Waals surface area contributed by atoms with Crippen molar-refractivity contribution in [1.82, 2.24) is 19.9 Å². The van der Waals surface area contributed by atoms with E-state index in [9.17, 15) is 4.57 Å². The van der Waals surface area contributed by atoms with E-state index in [-0.39, 0.29) is 5.28 Å². The van der Waals surface area contributed by atoms with Gasteiger partial charge in [0.1, 0.15) is 12.8 Å². The van der Waals surface area contributed by atoms with E-state index in [0.29, 0.717) is 27.9 Å². The molecule has 0 radical (unpaired) electrons. The van der Waals surface area contributed by atoms with E-state index in [1.165, 1.54) is 25.7 Å². The van der Waals surface area contributed by atoms with Gasteiger partial charge in [-0.2, -0.15) is 4.98 Å². The molecule has 42 heavy (non-hydrogen) atoms. The van der Waals surface area contributed by atoms with Gasteiger partial charge in [-0.1, -0.05) is 6.07 Å². The normalized spacial score (nSPS) is 17.0. The summed E-state index contributed by atoms with van der Waals surface area (Å²) in [6, 6.07) is 14.4. The molecule has 1 spiro atoms. The largest absolute Gasteiger partial charge is 0.397 e.